The Balaban J connectivity index is 1.63. The quantitative estimate of drug-likeness (QED) is 0.502. The van der Waals surface area contributed by atoms with Crippen molar-refractivity contribution in [3.05, 3.63) is 44.9 Å². The van der Waals surface area contributed by atoms with Crippen molar-refractivity contribution in [2.45, 2.75) is 58.9 Å². The fourth-order valence-corrected chi connectivity index (χ4v) is 4.35. The summed E-state index contributed by atoms with van der Waals surface area (Å²) in [6.45, 7) is 6.32. The number of aryl methyl sites for hydroxylation is 2. The number of benzene rings is 1. The van der Waals surface area contributed by atoms with Crippen LogP contribution in [0.2, 0.25) is 0 Å². The molecule has 0 radical (unpaired) electrons. The molecule has 0 bridgehead atoms. The van der Waals surface area contributed by atoms with Crippen molar-refractivity contribution in [3.63, 3.8) is 0 Å². The van der Waals surface area contributed by atoms with E-state index < -0.39 is 0 Å². The molecule has 0 saturated heterocycles. The van der Waals surface area contributed by atoms with Gasteiger partial charge in [-0.05, 0) is 56.2 Å². The minimum Gasteiger partial charge on any atom is -0.508 e. The predicted molar refractivity (Wildman–Crippen MR) is 113 cm³/mol. The van der Waals surface area contributed by atoms with Gasteiger partial charge in [-0.1, -0.05) is 13.0 Å². The number of nitrogens with one attached hydrogen (secondary N) is 2. The van der Waals surface area contributed by atoms with Crippen molar-refractivity contribution < 1.29 is 5.11 Å². The fraction of sp³-hybridized carbons (Fsp3) is 0.524. The summed E-state index contributed by atoms with van der Waals surface area (Å²) in [5.41, 5.74) is 3.66. The summed E-state index contributed by atoms with van der Waals surface area (Å²) in [5.74, 6) is 1.16. The Labute approximate surface area is 166 Å². The van der Waals surface area contributed by atoms with E-state index in [2.05, 4.69) is 35.5 Å². The summed E-state index contributed by atoms with van der Waals surface area (Å²) in [7, 11) is 0. The smallest absolute Gasteiger partial charge is 0.191 e. The van der Waals surface area contributed by atoms with Gasteiger partial charge in [-0.25, -0.2) is 9.98 Å². The van der Waals surface area contributed by atoms with E-state index in [4.69, 9.17) is 4.99 Å². The summed E-state index contributed by atoms with van der Waals surface area (Å²) in [4.78, 5) is 10.5. The lowest BCUT2D eigenvalue weighted by molar-refractivity contribution is 0.465. The molecule has 3 N–H and O–H groups in total. The molecule has 1 aromatic carbocycles. The number of phenolic OH excluding ortho intramolecular Hbond substituents is 1. The van der Waals surface area contributed by atoms with Crippen LogP contribution in [0, 0.1) is 0 Å². The Morgan fingerprint density at radius 3 is 2.85 bits per heavy atom. The predicted octanol–water partition coefficient (Wildman–Crippen LogP) is 3.59. The lowest BCUT2D eigenvalue weighted by atomic mass is 9.88. The number of aliphatic imine (C=N–C) groups is 1. The maximum atomic E-state index is 10.3. The molecule has 1 heterocycles. The van der Waals surface area contributed by atoms with Gasteiger partial charge in [0.15, 0.2) is 5.96 Å². The molecule has 2 aromatic rings. The summed E-state index contributed by atoms with van der Waals surface area (Å²) in [5, 5.41) is 18.2. The van der Waals surface area contributed by atoms with Crippen molar-refractivity contribution in [1.29, 1.82) is 0 Å². The van der Waals surface area contributed by atoms with Gasteiger partial charge in [0, 0.05) is 36.1 Å². The van der Waals surface area contributed by atoms with Crippen LogP contribution in [0.4, 0.5) is 0 Å². The monoisotopic (exact) mass is 386 g/mol. The summed E-state index contributed by atoms with van der Waals surface area (Å²) in [6.07, 6.45) is 8.49. The van der Waals surface area contributed by atoms with Gasteiger partial charge in [-0.3, -0.25) is 0 Å². The van der Waals surface area contributed by atoms with E-state index in [1.54, 1.807) is 11.3 Å². The Morgan fingerprint density at radius 2 is 2.07 bits per heavy atom. The van der Waals surface area contributed by atoms with E-state index in [9.17, 15) is 5.11 Å². The molecule has 0 unspecified atom stereocenters. The molecule has 146 valence electrons. The number of phenols is 1. The number of aromatic hydroxyl groups is 1. The number of fused-ring (bicyclic) bond motifs is 1. The molecule has 0 atom stereocenters. The zero-order chi connectivity index (χ0) is 19.1. The average Bonchev–Trinajstić information content (AvgIpc) is 3.15. The molecule has 6 heteroatoms. The van der Waals surface area contributed by atoms with Crippen LogP contribution in [0.15, 0.2) is 23.3 Å². The number of rotatable bonds is 7. The van der Waals surface area contributed by atoms with Crippen molar-refractivity contribution in [1.82, 2.24) is 15.6 Å². The van der Waals surface area contributed by atoms with Crippen LogP contribution < -0.4 is 10.6 Å². The molecular weight excluding hydrogens is 356 g/mol. The summed E-state index contributed by atoms with van der Waals surface area (Å²) in [6, 6.07) is 3.89. The maximum Gasteiger partial charge on any atom is 0.191 e. The lowest BCUT2D eigenvalue weighted by Crippen LogP contribution is -2.38. The van der Waals surface area contributed by atoms with Gasteiger partial charge in [0.25, 0.3) is 0 Å². The van der Waals surface area contributed by atoms with Crippen LogP contribution in [-0.4, -0.2) is 29.1 Å². The molecule has 0 saturated carbocycles. The zero-order valence-corrected chi connectivity index (χ0v) is 17.2. The largest absolute Gasteiger partial charge is 0.508 e. The third kappa shape index (κ3) is 5.22. The molecule has 5 nitrogen and oxygen atoms in total. The summed E-state index contributed by atoms with van der Waals surface area (Å²) >= 11 is 1.78. The number of guanidine groups is 1. The highest BCUT2D eigenvalue weighted by molar-refractivity contribution is 7.11. The molecule has 1 aliphatic carbocycles. The maximum absolute atomic E-state index is 10.3. The third-order valence-corrected chi connectivity index (χ3v) is 6.15. The highest BCUT2D eigenvalue weighted by Gasteiger charge is 2.16. The van der Waals surface area contributed by atoms with Crippen LogP contribution >= 0.6 is 11.3 Å². The molecule has 3 rings (SSSR count). The van der Waals surface area contributed by atoms with Crippen LogP contribution in [-0.2, 0) is 32.2 Å². The Kier molecular flexibility index (Phi) is 7.10. The Bertz CT molecular complexity index is 784. The fourth-order valence-electron chi connectivity index (χ4n) is 3.48. The first-order valence-corrected chi connectivity index (χ1v) is 10.8. The standard InChI is InChI=1S/C21H30N4OS/c1-3-16-13-24-20(27-16)11-12-23-21(22-4-2)25-14-18-17-8-6-5-7-15(17)9-10-19(18)26/h9-10,13,26H,3-8,11-12,14H2,1-2H3,(H2,22,23,25). The van der Waals surface area contributed by atoms with Crippen molar-refractivity contribution in [2.75, 3.05) is 13.1 Å². The SMILES string of the molecule is CCNC(=NCc1c(O)ccc2c1CCCC2)NCCc1ncc(CC)s1. The van der Waals surface area contributed by atoms with Crippen LogP contribution in [0.3, 0.4) is 0 Å². The average molecular weight is 387 g/mol. The topological polar surface area (TPSA) is 69.5 Å². The zero-order valence-electron chi connectivity index (χ0n) is 16.3. The van der Waals surface area contributed by atoms with Crippen molar-refractivity contribution >= 4 is 17.3 Å². The third-order valence-electron chi connectivity index (χ3n) is 4.95. The van der Waals surface area contributed by atoms with Gasteiger partial charge >= 0.3 is 0 Å². The molecule has 27 heavy (non-hydrogen) atoms. The molecule has 0 amide bonds. The molecule has 1 aromatic heterocycles. The molecule has 0 aliphatic heterocycles. The second-order valence-electron chi connectivity index (χ2n) is 6.85. The van der Waals surface area contributed by atoms with Crippen LogP contribution in [0.1, 0.15) is 53.3 Å². The Morgan fingerprint density at radius 1 is 1.22 bits per heavy atom. The summed E-state index contributed by atoms with van der Waals surface area (Å²) < 4.78 is 0. The van der Waals surface area contributed by atoms with E-state index in [1.807, 2.05) is 12.3 Å². The van der Waals surface area contributed by atoms with Gasteiger partial charge in [0.2, 0.25) is 0 Å². The van der Waals surface area contributed by atoms with E-state index in [0.717, 1.165) is 55.3 Å². The van der Waals surface area contributed by atoms with E-state index >= 15 is 0 Å². The number of thiazole rings is 1. The number of aromatic nitrogens is 1. The van der Waals surface area contributed by atoms with Crippen LogP contribution in [0.25, 0.3) is 0 Å². The van der Waals surface area contributed by atoms with Gasteiger partial charge in [-0.2, -0.15) is 0 Å². The van der Waals surface area contributed by atoms with E-state index in [1.165, 1.54) is 28.8 Å². The van der Waals surface area contributed by atoms with Crippen molar-refractivity contribution in [3.8, 4) is 5.75 Å². The minimum atomic E-state index is 0.366. The van der Waals surface area contributed by atoms with Gasteiger partial charge < -0.3 is 15.7 Å². The normalized spacial score (nSPS) is 14.1. The first-order chi connectivity index (χ1) is 13.2. The Hall–Kier alpha value is -2.08. The molecular formula is C21H30N4OS. The molecule has 0 fully saturated rings. The van der Waals surface area contributed by atoms with Crippen molar-refractivity contribution in [2.24, 2.45) is 4.99 Å². The highest BCUT2D eigenvalue weighted by atomic mass is 32.1. The number of nitrogens with zero attached hydrogens (tertiary/aromatic N) is 2. The van der Waals surface area contributed by atoms with Gasteiger partial charge in [-0.15, -0.1) is 11.3 Å². The molecule has 0 spiro atoms. The number of hydrogen-bond donors (Lipinski definition) is 3. The number of hydrogen-bond acceptors (Lipinski definition) is 4. The first-order valence-electron chi connectivity index (χ1n) is 9.99. The second kappa shape index (κ2) is 9.74. The second-order valence-corrected chi connectivity index (χ2v) is 8.05. The van der Waals surface area contributed by atoms with Gasteiger partial charge in [0.1, 0.15) is 5.75 Å². The molecule has 1 aliphatic rings. The van der Waals surface area contributed by atoms with Gasteiger partial charge in [0.05, 0.1) is 11.6 Å². The minimum absolute atomic E-state index is 0.366. The van der Waals surface area contributed by atoms with E-state index in [-0.39, 0.29) is 0 Å². The highest BCUT2D eigenvalue weighted by Crippen LogP contribution is 2.31. The van der Waals surface area contributed by atoms with Crippen LogP contribution in [0.5, 0.6) is 5.75 Å². The van der Waals surface area contributed by atoms with E-state index in [0.29, 0.717) is 12.3 Å². The lowest BCUT2D eigenvalue weighted by Gasteiger charge is -2.20. The first kappa shape index (κ1) is 19.7.